The van der Waals surface area contributed by atoms with Crippen molar-refractivity contribution < 1.29 is 4.39 Å². The molecule has 1 aromatic carbocycles. The van der Waals surface area contributed by atoms with E-state index in [1.165, 1.54) is 32.5 Å². The summed E-state index contributed by atoms with van der Waals surface area (Å²) in [4.78, 5) is 4.50. The molecule has 3 nitrogen and oxygen atoms in total. The van der Waals surface area contributed by atoms with Crippen LogP contribution in [-0.2, 0) is 0 Å². The lowest BCUT2D eigenvalue weighted by atomic mass is 9.94. The maximum atomic E-state index is 14.3. The smallest absolute Gasteiger partial charge is 0.148 e. The molecular weight excluding hydrogens is 265 g/mol. The number of rotatable bonds is 4. The standard InChI is InChI=1S/C17H26FN3/c1-12(2)20(3)17-5-4-14(10-15(17)18)19-16-7-9-21-8-6-13(16)11-21/h4-5,10,12-13,16,19H,6-9,11H2,1-3H3. The molecule has 2 saturated heterocycles. The summed E-state index contributed by atoms with van der Waals surface area (Å²) in [6, 6.07) is 6.34. The van der Waals surface area contributed by atoms with Crippen molar-refractivity contribution in [1.29, 1.82) is 0 Å². The summed E-state index contributed by atoms with van der Waals surface area (Å²) in [5.41, 5.74) is 1.59. The van der Waals surface area contributed by atoms with Crippen molar-refractivity contribution in [1.82, 2.24) is 4.90 Å². The highest BCUT2D eigenvalue weighted by molar-refractivity contribution is 5.56. The van der Waals surface area contributed by atoms with E-state index in [1.807, 2.05) is 24.1 Å². The molecule has 3 atom stereocenters. The SMILES string of the molecule is CC(C)N(C)c1ccc(NC2CCN3CCC2C3)cc1F. The number of piperidine rings is 1. The summed E-state index contributed by atoms with van der Waals surface area (Å²) in [6.07, 6.45) is 2.44. The molecule has 4 heteroatoms. The van der Waals surface area contributed by atoms with E-state index < -0.39 is 0 Å². The maximum Gasteiger partial charge on any atom is 0.148 e. The fraction of sp³-hybridized carbons (Fsp3) is 0.647. The van der Waals surface area contributed by atoms with E-state index in [9.17, 15) is 4.39 Å². The summed E-state index contributed by atoms with van der Waals surface area (Å²) in [6.45, 7) is 7.74. The Labute approximate surface area is 127 Å². The Hall–Kier alpha value is -1.29. The highest BCUT2D eigenvalue weighted by Crippen LogP contribution is 2.30. The van der Waals surface area contributed by atoms with Crippen LogP contribution in [0, 0.1) is 11.7 Å². The average molecular weight is 291 g/mol. The topological polar surface area (TPSA) is 18.5 Å². The van der Waals surface area contributed by atoms with Crippen LogP contribution in [0.3, 0.4) is 0 Å². The summed E-state index contributed by atoms with van der Waals surface area (Å²) < 4.78 is 14.3. The van der Waals surface area contributed by atoms with Crippen molar-refractivity contribution in [3.05, 3.63) is 24.0 Å². The largest absolute Gasteiger partial charge is 0.382 e. The Balaban J connectivity index is 1.70. The molecule has 21 heavy (non-hydrogen) atoms. The predicted octanol–water partition coefficient (Wildman–Crippen LogP) is 3.18. The number of nitrogens with zero attached hydrogens (tertiary/aromatic N) is 2. The molecule has 2 fully saturated rings. The van der Waals surface area contributed by atoms with E-state index in [4.69, 9.17) is 0 Å². The van der Waals surface area contributed by atoms with Gasteiger partial charge in [-0.05, 0) is 57.4 Å². The fourth-order valence-electron chi connectivity index (χ4n) is 3.52. The minimum atomic E-state index is -0.139. The van der Waals surface area contributed by atoms with Crippen LogP contribution < -0.4 is 10.2 Å². The Bertz CT molecular complexity index is 503. The van der Waals surface area contributed by atoms with Crippen LogP contribution >= 0.6 is 0 Å². The number of halogens is 1. The second-order valence-electron chi connectivity index (χ2n) is 6.76. The number of hydrogen-bond donors (Lipinski definition) is 1. The first-order chi connectivity index (χ1) is 10.0. The van der Waals surface area contributed by atoms with Gasteiger partial charge in [-0.15, -0.1) is 0 Å². The van der Waals surface area contributed by atoms with Crippen LogP contribution in [0.4, 0.5) is 15.8 Å². The lowest BCUT2D eigenvalue weighted by Gasteiger charge is -2.32. The van der Waals surface area contributed by atoms with Gasteiger partial charge >= 0.3 is 0 Å². The van der Waals surface area contributed by atoms with E-state index in [0.29, 0.717) is 17.8 Å². The molecule has 0 radical (unpaired) electrons. The lowest BCUT2D eigenvalue weighted by molar-refractivity contribution is 0.255. The summed E-state index contributed by atoms with van der Waals surface area (Å²) in [5.74, 6) is 0.583. The highest BCUT2D eigenvalue weighted by Gasteiger charge is 2.34. The molecule has 0 spiro atoms. The summed E-state index contributed by atoms with van der Waals surface area (Å²) >= 11 is 0. The first-order valence-electron chi connectivity index (χ1n) is 8.06. The normalized spacial score (nSPS) is 28.0. The van der Waals surface area contributed by atoms with Crippen LogP contribution in [0.15, 0.2) is 18.2 Å². The van der Waals surface area contributed by atoms with E-state index in [1.54, 1.807) is 6.07 Å². The molecule has 1 aromatic rings. The van der Waals surface area contributed by atoms with E-state index >= 15 is 0 Å². The van der Waals surface area contributed by atoms with Gasteiger partial charge in [0.25, 0.3) is 0 Å². The summed E-state index contributed by atoms with van der Waals surface area (Å²) in [7, 11) is 1.93. The number of benzene rings is 1. The minimum Gasteiger partial charge on any atom is -0.382 e. The van der Waals surface area contributed by atoms with Gasteiger partial charge in [0, 0.05) is 37.9 Å². The second-order valence-corrected chi connectivity index (χ2v) is 6.76. The molecule has 3 rings (SSSR count). The monoisotopic (exact) mass is 291 g/mol. The van der Waals surface area contributed by atoms with Crippen molar-refractivity contribution in [2.24, 2.45) is 5.92 Å². The third kappa shape index (κ3) is 3.00. The molecule has 0 aromatic heterocycles. The van der Waals surface area contributed by atoms with Crippen molar-refractivity contribution in [2.75, 3.05) is 36.9 Å². The molecule has 2 aliphatic rings. The zero-order valence-corrected chi connectivity index (χ0v) is 13.3. The fourth-order valence-corrected chi connectivity index (χ4v) is 3.52. The van der Waals surface area contributed by atoms with Gasteiger partial charge < -0.3 is 15.1 Å². The number of nitrogens with one attached hydrogen (secondary N) is 1. The van der Waals surface area contributed by atoms with Gasteiger partial charge in [-0.25, -0.2) is 4.39 Å². The van der Waals surface area contributed by atoms with Gasteiger partial charge in [0.15, 0.2) is 0 Å². The van der Waals surface area contributed by atoms with Gasteiger partial charge in [0.05, 0.1) is 5.69 Å². The first kappa shape index (κ1) is 14.6. The molecule has 0 saturated carbocycles. The average Bonchev–Trinajstić information content (AvgIpc) is 2.84. The lowest BCUT2D eigenvalue weighted by Crippen LogP contribution is -2.39. The van der Waals surface area contributed by atoms with Crippen LogP contribution in [0.2, 0.25) is 0 Å². The van der Waals surface area contributed by atoms with Crippen LogP contribution in [0.5, 0.6) is 0 Å². The number of fused-ring (bicyclic) bond motifs is 2. The third-order valence-corrected chi connectivity index (χ3v) is 5.09. The molecule has 116 valence electrons. The van der Waals surface area contributed by atoms with E-state index in [-0.39, 0.29) is 5.82 Å². The summed E-state index contributed by atoms with van der Waals surface area (Å²) in [5, 5.41) is 3.56. The molecule has 3 unspecified atom stereocenters. The van der Waals surface area contributed by atoms with Gasteiger partial charge in [-0.1, -0.05) is 0 Å². The number of hydrogen-bond acceptors (Lipinski definition) is 3. The van der Waals surface area contributed by atoms with Crippen molar-refractivity contribution in [3.8, 4) is 0 Å². The van der Waals surface area contributed by atoms with Gasteiger partial charge in [-0.3, -0.25) is 0 Å². The molecule has 0 aliphatic carbocycles. The van der Waals surface area contributed by atoms with Gasteiger partial charge in [-0.2, -0.15) is 0 Å². The minimum absolute atomic E-state index is 0.139. The Morgan fingerprint density at radius 2 is 2.05 bits per heavy atom. The zero-order chi connectivity index (χ0) is 15.0. The maximum absolute atomic E-state index is 14.3. The van der Waals surface area contributed by atoms with Crippen LogP contribution in [0.25, 0.3) is 0 Å². The zero-order valence-electron chi connectivity index (χ0n) is 13.3. The van der Waals surface area contributed by atoms with E-state index in [0.717, 1.165) is 11.6 Å². The van der Waals surface area contributed by atoms with Crippen LogP contribution in [-0.4, -0.2) is 43.7 Å². The number of anilines is 2. The first-order valence-corrected chi connectivity index (χ1v) is 8.06. The second kappa shape index (κ2) is 5.84. The van der Waals surface area contributed by atoms with E-state index in [2.05, 4.69) is 24.1 Å². The molecule has 1 N–H and O–H groups in total. The van der Waals surface area contributed by atoms with Gasteiger partial charge in [0.2, 0.25) is 0 Å². The molecular formula is C17H26FN3. The molecule has 2 bridgehead atoms. The third-order valence-electron chi connectivity index (χ3n) is 5.09. The van der Waals surface area contributed by atoms with Crippen LogP contribution in [0.1, 0.15) is 26.7 Å². The van der Waals surface area contributed by atoms with Gasteiger partial charge in [0.1, 0.15) is 5.82 Å². The Kier molecular flexibility index (Phi) is 4.07. The Morgan fingerprint density at radius 3 is 2.76 bits per heavy atom. The molecule has 2 heterocycles. The molecule has 2 aliphatic heterocycles. The molecule has 0 amide bonds. The quantitative estimate of drug-likeness (QED) is 0.919. The Morgan fingerprint density at radius 1 is 1.29 bits per heavy atom. The van der Waals surface area contributed by atoms with Crippen molar-refractivity contribution in [3.63, 3.8) is 0 Å². The van der Waals surface area contributed by atoms with Crippen molar-refractivity contribution in [2.45, 2.75) is 38.8 Å². The van der Waals surface area contributed by atoms with Crippen molar-refractivity contribution >= 4 is 11.4 Å². The predicted molar refractivity (Wildman–Crippen MR) is 86.5 cm³/mol. The highest BCUT2D eigenvalue weighted by atomic mass is 19.1.